The Balaban J connectivity index is 1.96. The molecule has 7 heteroatoms. The normalized spacial score (nSPS) is 10.7. The van der Waals surface area contributed by atoms with Crippen LogP contribution in [0.4, 0.5) is 0 Å². The number of Topliss-reactive ketones (excluding diaryl/α,β-unsaturated/α-hetero) is 2. The van der Waals surface area contributed by atoms with Crippen LogP contribution in [0.1, 0.15) is 84.7 Å². The van der Waals surface area contributed by atoms with Crippen molar-refractivity contribution in [1.29, 1.82) is 0 Å². The molecule has 0 fully saturated rings. The summed E-state index contributed by atoms with van der Waals surface area (Å²) in [6.45, 7) is 6.07. The number of methoxy groups -OCH3 is 1. The topological polar surface area (TPSA) is 89.9 Å². The maximum Gasteiger partial charge on any atom is 0.305 e. The van der Waals surface area contributed by atoms with E-state index in [1.54, 1.807) is 23.9 Å². The summed E-state index contributed by atoms with van der Waals surface area (Å²) in [7, 11) is 1.32. The average Bonchev–Trinajstić information content (AvgIpc) is 2.84. The number of ether oxygens (including phenoxy) is 2. The van der Waals surface area contributed by atoms with Crippen molar-refractivity contribution in [2.24, 2.45) is 0 Å². The first-order valence-corrected chi connectivity index (χ1v) is 13.1. The average molecular weight is 501 g/mol. The maximum absolute atomic E-state index is 12.5. The second-order valence-corrected chi connectivity index (χ2v) is 9.50. The van der Waals surface area contributed by atoms with Crippen LogP contribution in [0.3, 0.4) is 0 Å². The standard InChI is InChI=1S/C28H36O6S/c1-5-8-21-18-20(24(30)12-15-27(31)33-4)10-14-26(21)35-17-7-16-34-25-13-11-22(19(3)29)28(32)23(25)9-6-2/h10-11,13-14,18,32H,5-9,12,15-17H2,1-4H3. The van der Waals surface area contributed by atoms with Gasteiger partial charge in [-0.25, -0.2) is 0 Å². The van der Waals surface area contributed by atoms with Gasteiger partial charge in [-0.05, 0) is 56.0 Å². The first kappa shape index (κ1) is 28.4. The molecule has 2 aromatic carbocycles. The Hall–Kier alpha value is -2.80. The molecule has 0 aliphatic heterocycles. The fourth-order valence-corrected chi connectivity index (χ4v) is 4.77. The molecular formula is C28H36O6S. The summed E-state index contributed by atoms with van der Waals surface area (Å²) < 4.78 is 10.6. The second-order valence-electron chi connectivity index (χ2n) is 8.37. The Morgan fingerprint density at radius 2 is 1.74 bits per heavy atom. The number of aromatic hydroxyl groups is 1. The fourth-order valence-electron chi connectivity index (χ4n) is 3.77. The van der Waals surface area contributed by atoms with Crippen molar-refractivity contribution in [3.63, 3.8) is 0 Å². The van der Waals surface area contributed by atoms with Crippen LogP contribution in [0.15, 0.2) is 35.2 Å². The van der Waals surface area contributed by atoms with Crippen LogP contribution in [0.5, 0.6) is 11.5 Å². The van der Waals surface area contributed by atoms with Crippen LogP contribution >= 0.6 is 11.8 Å². The van der Waals surface area contributed by atoms with Crippen molar-refractivity contribution in [3.05, 3.63) is 52.6 Å². The van der Waals surface area contributed by atoms with E-state index < -0.39 is 0 Å². The molecule has 0 heterocycles. The number of hydrogen-bond donors (Lipinski definition) is 1. The lowest BCUT2D eigenvalue weighted by Gasteiger charge is -2.15. The molecule has 0 aromatic heterocycles. The first-order chi connectivity index (χ1) is 16.8. The molecule has 0 aliphatic carbocycles. The van der Waals surface area contributed by atoms with Gasteiger partial charge in [-0.1, -0.05) is 32.8 Å². The van der Waals surface area contributed by atoms with Gasteiger partial charge in [-0.15, -0.1) is 11.8 Å². The van der Waals surface area contributed by atoms with Gasteiger partial charge in [-0.3, -0.25) is 14.4 Å². The van der Waals surface area contributed by atoms with Crippen molar-refractivity contribution in [2.75, 3.05) is 19.5 Å². The number of esters is 1. The van der Waals surface area contributed by atoms with E-state index in [4.69, 9.17) is 4.74 Å². The second kappa shape index (κ2) is 14.6. The number of carbonyl (C=O) groups excluding carboxylic acids is 3. The molecule has 0 aliphatic rings. The van der Waals surface area contributed by atoms with E-state index in [9.17, 15) is 19.5 Å². The Bertz CT molecular complexity index is 1030. The first-order valence-electron chi connectivity index (χ1n) is 12.2. The molecule has 2 rings (SSSR count). The van der Waals surface area contributed by atoms with E-state index in [0.717, 1.165) is 41.9 Å². The number of thioether (sulfide) groups is 1. The predicted molar refractivity (Wildman–Crippen MR) is 139 cm³/mol. The van der Waals surface area contributed by atoms with Gasteiger partial charge in [-0.2, -0.15) is 0 Å². The van der Waals surface area contributed by atoms with Crippen LogP contribution in [-0.4, -0.2) is 42.1 Å². The number of benzene rings is 2. The van der Waals surface area contributed by atoms with E-state index in [1.165, 1.54) is 14.0 Å². The summed E-state index contributed by atoms with van der Waals surface area (Å²) >= 11 is 1.73. The van der Waals surface area contributed by atoms with Crippen molar-refractivity contribution >= 4 is 29.3 Å². The summed E-state index contributed by atoms with van der Waals surface area (Å²) in [5.74, 6) is 0.889. The highest BCUT2D eigenvalue weighted by atomic mass is 32.2. The molecular weight excluding hydrogens is 464 g/mol. The quantitative estimate of drug-likeness (QED) is 0.135. The van der Waals surface area contributed by atoms with Gasteiger partial charge in [0.05, 0.1) is 25.7 Å². The molecule has 190 valence electrons. The third kappa shape index (κ3) is 8.42. The molecule has 0 unspecified atom stereocenters. The van der Waals surface area contributed by atoms with Crippen molar-refractivity contribution < 1.29 is 29.0 Å². The van der Waals surface area contributed by atoms with Crippen LogP contribution in [0.25, 0.3) is 0 Å². The lowest BCUT2D eigenvalue weighted by atomic mass is 10.0. The predicted octanol–water partition coefficient (Wildman–Crippen LogP) is 6.20. The Morgan fingerprint density at radius 1 is 1.00 bits per heavy atom. The van der Waals surface area contributed by atoms with Gasteiger partial charge in [0, 0.05) is 28.2 Å². The Labute approximate surface area is 212 Å². The van der Waals surface area contributed by atoms with Crippen molar-refractivity contribution in [1.82, 2.24) is 0 Å². The van der Waals surface area contributed by atoms with E-state index >= 15 is 0 Å². The maximum atomic E-state index is 12.5. The molecule has 0 atom stereocenters. The van der Waals surface area contributed by atoms with Gasteiger partial charge in [0.25, 0.3) is 0 Å². The Morgan fingerprint density at radius 3 is 2.40 bits per heavy atom. The number of rotatable bonds is 15. The summed E-state index contributed by atoms with van der Waals surface area (Å²) in [5.41, 5.74) is 2.78. The fraction of sp³-hybridized carbons (Fsp3) is 0.464. The Kier molecular flexibility index (Phi) is 11.8. The number of phenolic OH excluding ortho intramolecular Hbond substituents is 1. The highest BCUT2D eigenvalue weighted by Gasteiger charge is 2.16. The molecule has 0 amide bonds. The number of carbonyl (C=O) groups is 3. The number of hydrogen-bond acceptors (Lipinski definition) is 7. The molecule has 0 saturated heterocycles. The molecule has 35 heavy (non-hydrogen) atoms. The van der Waals surface area contributed by atoms with Crippen molar-refractivity contribution in [3.8, 4) is 11.5 Å². The van der Waals surface area contributed by atoms with Crippen molar-refractivity contribution in [2.45, 2.75) is 70.6 Å². The minimum absolute atomic E-state index is 0.0247. The SMILES string of the molecule is CCCc1cc(C(=O)CCC(=O)OC)ccc1SCCCOc1ccc(C(C)=O)c(O)c1CCC. The molecule has 1 N–H and O–H groups in total. The minimum atomic E-state index is -0.381. The lowest BCUT2D eigenvalue weighted by Crippen LogP contribution is -2.07. The molecule has 0 radical (unpaired) electrons. The number of ketones is 2. The molecule has 0 spiro atoms. The van der Waals surface area contributed by atoms with Crippen LogP contribution in [0.2, 0.25) is 0 Å². The lowest BCUT2D eigenvalue weighted by molar-refractivity contribution is -0.140. The smallest absolute Gasteiger partial charge is 0.305 e. The van der Waals surface area contributed by atoms with Crippen LogP contribution in [0, 0.1) is 0 Å². The van der Waals surface area contributed by atoms with Crippen LogP contribution < -0.4 is 4.74 Å². The zero-order chi connectivity index (χ0) is 25.8. The van der Waals surface area contributed by atoms with Crippen LogP contribution in [-0.2, 0) is 22.4 Å². The van der Waals surface area contributed by atoms with Gasteiger partial charge in [0.15, 0.2) is 11.6 Å². The third-order valence-electron chi connectivity index (χ3n) is 5.61. The molecule has 0 saturated carbocycles. The van der Waals surface area contributed by atoms with Gasteiger partial charge < -0.3 is 14.6 Å². The van der Waals surface area contributed by atoms with Gasteiger partial charge in [0.1, 0.15) is 11.5 Å². The van der Waals surface area contributed by atoms with Gasteiger partial charge in [0.2, 0.25) is 0 Å². The highest BCUT2D eigenvalue weighted by molar-refractivity contribution is 7.99. The summed E-state index contributed by atoms with van der Waals surface area (Å²) in [5, 5.41) is 10.5. The van der Waals surface area contributed by atoms with E-state index in [2.05, 4.69) is 11.7 Å². The van der Waals surface area contributed by atoms with E-state index in [1.807, 2.05) is 25.1 Å². The summed E-state index contributed by atoms with van der Waals surface area (Å²) in [6, 6.07) is 9.14. The summed E-state index contributed by atoms with van der Waals surface area (Å²) in [6.07, 6.45) is 4.35. The zero-order valence-corrected chi connectivity index (χ0v) is 22.0. The molecule has 6 nitrogen and oxygen atoms in total. The molecule has 2 aromatic rings. The van der Waals surface area contributed by atoms with E-state index in [-0.39, 0.29) is 36.1 Å². The highest BCUT2D eigenvalue weighted by Crippen LogP contribution is 2.33. The summed E-state index contributed by atoms with van der Waals surface area (Å²) in [4.78, 5) is 36.7. The van der Waals surface area contributed by atoms with E-state index in [0.29, 0.717) is 35.5 Å². The number of aryl methyl sites for hydroxylation is 1. The molecule has 0 bridgehead atoms. The zero-order valence-electron chi connectivity index (χ0n) is 21.1. The third-order valence-corrected chi connectivity index (χ3v) is 6.81. The van der Waals surface area contributed by atoms with Gasteiger partial charge >= 0.3 is 5.97 Å². The minimum Gasteiger partial charge on any atom is -0.507 e. The largest absolute Gasteiger partial charge is 0.507 e. The number of phenols is 1. The monoisotopic (exact) mass is 500 g/mol.